The third kappa shape index (κ3) is 7.05. The number of hydrogen-bond donors (Lipinski definition) is 3. The van der Waals surface area contributed by atoms with E-state index < -0.39 is 42.1 Å². The highest BCUT2D eigenvalue weighted by molar-refractivity contribution is 5.88. The number of ether oxygens (including phenoxy) is 2. The fourth-order valence-electron chi connectivity index (χ4n) is 3.99. The van der Waals surface area contributed by atoms with Crippen LogP contribution < -0.4 is 10.6 Å². The van der Waals surface area contributed by atoms with Crippen molar-refractivity contribution in [2.75, 3.05) is 13.2 Å². The first-order valence-corrected chi connectivity index (χ1v) is 11.4. The number of aliphatic carboxylic acids is 1. The molecule has 9 nitrogen and oxygen atoms in total. The molecule has 9 heteroatoms. The number of esters is 1. The number of carboxylic acid groups (broad SMARTS) is 1. The molecule has 0 saturated heterocycles. The number of amides is 2. The Kier molecular flexibility index (Phi) is 8.11. The number of fused-ring (bicyclic) bond motifs is 3. The Hall–Kier alpha value is -3.88. The average Bonchev–Trinajstić information content (AvgIpc) is 3.11. The highest BCUT2D eigenvalue weighted by Gasteiger charge is 2.30. The van der Waals surface area contributed by atoms with Gasteiger partial charge < -0.3 is 25.2 Å². The van der Waals surface area contributed by atoms with Gasteiger partial charge in [0.15, 0.2) is 0 Å². The highest BCUT2D eigenvalue weighted by atomic mass is 16.6. The van der Waals surface area contributed by atoms with E-state index in [2.05, 4.69) is 10.6 Å². The molecule has 0 bridgehead atoms. The molecule has 2 amide bonds. The van der Waals surface area contributed by atoms with Crippen LogP contribution in [0.3, 0.4) is 0 Å². The molecule has 0 saturated carbocycles. The third-order valence-electron chi connectivity index (χ3n) is 5.42. The van der Waals surface area contributed by atoms with Gasteiger partial charge in [0.2, 0.25) is 5.91 Å². The van der Waals surface area contributed by atoms with Crippen LogP contribution in [0, 0.1) is 0 Å². The minimum Gasteiger partial charge on any atom is -0.480 e. The van der Waals surface area contributed by atoms with Gasteiger partial charge in [0.25, 0.3) is 0 Å². The summed E-state index contributed by atoms with van der Waals surface area (Å²) < 4.78 is 10.7. The molecule has 0 fully saturated rings. The largest absolute Gasteiger partial charge is 0.480 e. The Morgan fingerprint density at radius 1 is 0.971 bits per heavy atom. The lowest BCUT2D eigenvalue weighted by Crippen LogP contribution is -2.48. The number of carbonyl (C=O) groups is 4. The van der Waals surface area contributed by atoms with E-state index in [9.17, 15) is 19.2 Å². The quantitative estimate of drug-likeness (QED) is 0.468. The van der Waals surface area contributed by atoms with Crippen molar-refractivity contribution >= 4 is 23.9 Å². The van der Waals surface area contributed by atoms with Crippen molar-refractivity contribution in [2.24, 2.45) is 0 Å². The Balaban J connectivity index is 1.64. The van der Waals surface area contributed by atoms with Gasteiger partial charge in [-0.15, -0.1) is 0 Å². The number of rotatable bonds is 9. The monoisotopic (exact) mass is 482 g/mol. The van der Waals surface area contributed by atoms with Gasteiger partial charge >= 0.3 is 18.0 Å². The predicted octanol–water partition coefficient (Wildman–Crippen LogP) is 3.22. The summed E-state index contributed by atoms with van der Waals surface area (Å²) in [6.07, 6.45) is -1.07. The fourth-order valence-corrected chi connectivity index (χ4v) is 3.99. The van der Waals surface area contributed by atoms with Crippen LogP contribution in [0.25, 0.3) is 11.1 Å². The highest BCUT2D eigenvalue weighted by Crippen LogP contribution is 2.44. The Labute approximate surface area is 203 Å². The second kappa shape index (κ2) is 11.0. The summed E-state index contributed by atoms with van der Waals surface area (Å²) in [5.41, 5.74) is 3.56. The van der Waals surface area contributed by atoms with E-state index in [1.165, 1.54) is 0 Å². The van der Waals surface area contributed by atoms with Gasteiger partial charge in [0.05, 0.1) is 0 Å². The zero-order valence-corrected chi connectivity index (χ0v) is 20.0. The van der Waals surface area contributed by atoms with E-state index >= 15 is 0 Å². The van der Waals surface area contributed by atoms with Gasteiger partial charge in [-0.3, -0.25) is 14.4 Å². The molecular formula is C26H30N2O7. The summed E-state index contributed by atoms with van der Waals surface area (Å²) in [6.45, 7) is 4.59. The normalized spacial score (nSPS) is 13.2. The molecule has 0 aliphatic heterocycles. The zero-order valence-electron chi connectivity index (χ0n) is 20.0. The molecule has 2 aromatic rings. The molecule has 0 unspecified atom stereocenters. The standard InChI is InChI=1S/C26H30N2O7/c1-26(2,3)35-23(31)13-12-21(24(32)27-14-22(29)30)28-25(33)34-15-20-18-10-6-4-8-16(18)17-9-5-7-11-19(17)20/h4-11,20-21H,12-15H2,1-3H3,(H,27,32)(H,28,33)(H,29,30)/t21-/m1/s1. The Bertz CT molecular complexity index is 1060. The van der Waals surface area contributed by atoms with Crippen LogP contribution in [-0.4, -0.2) is 53.8 Å². The first-order valence-electron chi connectivity index (χ1n) is 11.4. The molecule has 1 atom stereocenters. The van der Waals surface area contributed by atoms with Crippen LogP contribution in [0.5, 0.6) is 0 Å². The fraction of sp³-hybridized carbons (Fsp3) is 0.385. The number of nitrogens with one attached hydrogen (secondary N) is 2. The van der Waals surface area contributed by atoms with Crippen LogP contribution >= 0.6 is 0 Å². The van der Waals surface area contributed by atoms with Gasteiger partial charge in [-0.1, -0.05) is 48.5 Å². The summed E-state index contributed by atoms with van der Waals surface area (Å²) in [5.74, 6) is -2.66. The van der Waals surface area contributed by atoms with Crippen LogP contribution in [0.4, 0.5) is 4.79 Å². The summed E-state index contributed by atoms with van der Waals surface area (Å²) in [7, 11) is 0. The lowest BCUT2D eigenvalue weighted by Gasteiger charge is -2.21. The molecule has 0 heterocycles. The van der Waals surface area contributed by atoms with Crippen molar-refractivity contribution < 1.29 is 33.8 Å². The SMILES string of the molecule is CC(C)(C)OC(=O)CC[C@@H](NC(=O)OCC1c2ccccc2-c2ccccc21)C(=O)NCC(=O)O. The maximum Gasteiger partial charge on any atom is 0.407 e. The van der Waals surface area contributed by atoms with Crippen molar-refractivity contribution in [1.29, 1.82) is 0 Å². The predicted molar refractivity (Wildman–Crippen MR) is 128 cm³/mol. The number of carboxylic acids is 1. The Morgan fingerprint density at radius 2 is 1.54 bits per heavy atom. The third-order valence-corrected chi connectivity index (χ3v) is 5.42. The van der Waals surface area contributed by atoms with Gasteiger partial charge in [-0.2, -0.15) is 0 Å². The van der Waals surface area contributed by atoms with Gasteiger partial charge in [-0.25, -0.2) is 4.79 Å². The number of carbonyl (C=O) groups excluding carboxylic acids is 3. The van der Waals surface area contributed by atoms with Crippen molar-refractivity contribution in [2.45, 2.75) is 51.2 Å². The smallest absolute Gasteiger partial charge is 0.407 e. The molecule has 35 heavy (non-hydrogen) atoms. The number of alkyl carbamates (subject to hydrolysis) is 1. The molecular weight excluding hydrogens is 452 g/mol. The molecule has 1 aliphatic rings. The maximum absolute atomic E-state index is 12.6. The summed E-state index contributed by atoms with van der Waals surface area (Å²) >= 11 is 0. The second-order valence-corrected chi connectivity index (χ2v) is 9.26. The number of benzene rings is 2. The minimum absolute atomic E-state index is 0.0510. The lowest BCUT2D eigenvalue weighted by atomic mass is 9.98. The molecule has 0 aromatic heterocycles. The topological polar surface area (TPSA) is 131 Å². The second-order valence-electron chi connectivity index (χ2n) is 9.26. The first-order chi connectivity index (χ1) is 16.5. The van der Waals surface area contributed by atoms with Gasteiger partial charge in [0.1, 0.15) is 24.8 Å². The zero-order chi connectivity index (χ0) is 25.6. The van der Waals surface area contributed by atoms with Crippen LogP contribution in [0.15, 0.2) is 48.5 Å². The van der Waals surface area contributed by atoms with E-state index in [1.807, 2.05) is 48.5 Å². The Morgan fingerprint density at radius 3 is 2.09 bits per heavy atom. The van der Waals surface area contributed by atoms with E-state index in [4.69, 9.17) is 14.6 Å². The van der Waals surface area contributed by atoms with Crippen molar-refractivity contribution in [3.05, 3.63) is 59.7 Å². The van der Waals surface area contributed by atoms with E-state index in [1.54, 1.807) is 20.8 Å². The van der Waals surface area contributed by atoms with Gasteiger partial charge in [0, 0.05) is 12.3 Å². The van der Waals surface area contributed by atoms with Crippen molar-refractivity contribution in [3.63, 3.8) is 0 Å². The maximum atomic E-state index is 12.6. The molecule has 3 rings (SSSR count). The van der Waals surface area contributed by atoms with Crippen LogP contribution in [0.1, 0.15) is 50.7 Å². The molecule has 0 spiro atoms. The van der Waals surface area contributed by atoms with Crippen LogP contribution in [0.2, 0.25) is 0 Å². The lowest BCUT2D eigenvalue weighted by molar-refractivity contribution is -0.155. The average molecular weight is 483 g/mol. The van der Waals surface area contributed by atoms with E-state index in [-0.39, 0.29) is 25.4 Å². The summed E-state index contributed by atoms with van der Waals surface area (Å²) in [4.78, 5) is 48.0. The molecule has 186 valence electrons. The molecule has 1 aliphatic carbocycles. The minimum atomic E-state index is -1.23. The van der Waals surface area contributed by atoms with E-state index in [0.29, 0.717) is 0 Å². The number of hydrogen-bond acceptors (Lipinski definition) is 6. The summed E-state index contributed by atoms with van der Waals surface area (Å²) in [6, 6.07) is 14.6. The van der Waals surface area contributed by atoms with E-state index in [0.717, 1.165) is 22.3 Å². The van der Waals surface area contributed by atoms with Crippen LogP contribution in [-0.2, 0) is 23.9 Å². The molecule has 2 aromatic carbocycles. The van der Waals surface area contributed by atoms with Gasteiger partial charge in [-0.05, 0) is 49.4 Å². The van der Waals surface area contributed by atoms with Crippen molar-refractivity contribution in [3.8, 4) is 11.1 Å². The molecule has 0 radical (unpaired) electrons. The molecule has 3 N–H and O–H groups in total. The first kappa shape index (κ1) is 25.7. The van der Waals surface area contributed by atoms with Crippen molar-refractivity contribution in [1.82, 2.24) is 10.6 Å². The summed E-state index contributed by atoms with van der Waals surface area (Å²) in [5, 5.41) is 13.5.